The molecule has 0 radical (unpaired) electrons. The first-order chi connectivity index (χ1) is 14.6. The Morgan fingerprint density at radius 3 is 2.68 bits per heavy atom. The predicted molar refractivity (Wildman–Crippen MR) is 122 cm³/mol. The first kappa shape index (κ1) is 23.0. The van der Waals surface area contributed by atoms with E-state index < -0.39 is 22.8 Å². The maximum Gasteiger partial charge on any atom is 0.326 e. The topological polar surface area (TPSA) is 114 Å². The molecule has 0 unspecified atom stereocenters. The second-order valence-corrected chi connectivity index (χ2v) is 9.24. The maximum absolute atomic E-state index is 12.8. The smallest absolute Gasteiger partial charge is 0.326 e. The van der Waals surface area contributed by atoms with E-state index in [0.29, 0.717) is 17.1 Å². The zero-order valence-corrected chi connectivity index (χ0v) is 18.8. The summed E-state index contributed by atoms with van der Waals surface area (Å²) in [6.07, 6.45) is 1.76. The summed E-state index contributed by atoms with van der Waals surface area (Å²) >= 11 is 12.4. The van der Waals surface area contributed by atoms with Crippen LogP contribution in [0.25, 0.3) is 17.4 Å². The van der Waals surface area contributed by atoms with Crippen molar-refractivity contribution < 1.29 is 24.0 Å². The molecule has 2 aromatic rings. The van der Waals surface area contributed by atoms with Gasteiger partial charge in [-0.2, -0.15) is 0 Å². The van der Waals surface area contributed by atoms with Crippen molar-refractivity contribution in [3.63, 3.8) is 0 Å². The second kappa shape index (κ2) is 9.21. The lowest BCUT2D eigenvalue weighted by Crippen LogP contribution is -2.44. The van der Waals surface area contributed by atoms with Gasteiger partial charge >= 0.3 is 5.97 Å². The molecule has 162 valence electrons. The average Bonchev–Trinajstić information content (AvgIpc) is 3.24. The summed E-state index contributed by atoms with van der Waals surface area (Å²) in [5.41, 5.74) is 0.320. The summed E-state index contributed by atoms with van der Waals surface area (Å²) in [7, 11) is 0. The molecule has 1 saturated heterocycles. The molecule has 0 saturated carbocycles. The Hall–Kier alpha value is -2.69. The van der Waals surface area contributed by atoms with Gasteiger partial charge in [-0.05, 0) is 30.5 Å². The number of carbonyl (C=O) groups is 2. The molecule has 1 amide bonds. The van der Waals surface area contributed by atoms with E-state index in [9.17, 15) is 24.8 Å². The van der Waals surface area contributed by atoms with Crippen molar-refractivity contribution in [3.8, 4) is 11.3 Å². The molecular formula is C20H17ClN2O6S2. The number of carboxylic acids is 1. The Morgan fingerprint density at radius 1 is 1.39 bits per heavy atom. The number of nitro benzene ring substituents is 1. The Morgan fingerprint density at radius 2 is 2.10 bits per heavy atom. The van der Waals surface area contributed by atoms with Gasteiger partial charge in [0.2, 0.25) is 0 Å². The standard InChI is InChI=1S/C20H17ClN2O6S2/c1-10(2)7-15(19(25)26)22-18(24)17(31-20(22)30)9-12-4-6-16(29-12)13-5-3-11(23(27)28)8-14(13)21/h3-6,8-10,15H,7H2,1-2H3,(H,25,26)/b17-9+/t15-/m1/s1. The number of hydrogen-bond donors (Lipinski definition) is 1. The fourth-order valence-corrected chi connectivity index (χ4v) is 4.64. The lowest BCUT2D eigenvalue weighted by molar-refractivity contribution is -0.384. The van der Waals surface area contributed by atoms with E-state index >= 15 is 0 Å². The number of furan rings is 1. The maximum atomic E-state index is 12.8. The van der Waals surface area contributed by atoms with Crippen molar-refractivity contribution >= 4 is 63.5 Å². The summed E-state index contributed by atoms with van der Waals surface area (Å²) in [6.45, 7) is 3.74. The SMILES string of the molecule is CC(C)C[C@H](C(=O)O)N1C(=O)/C(=C\c2ccc(-c3ccc([N+](=O)[O-])cc3Cl)o2)SC1=S. The van der Waals surface area contributed by atoms with Crippen LogP contribution in [0.5, 0.6) is 0 Å². The lowest BCUT2D eigenvalue weighted by atomic mass is 10.0. The van der Waals surface area contributed by atoms with E-state index in [0.717, 1.165) is 16.7 Å². The number of rotatable bonds is 7. The molecule has 1 N–H and O–H groups in total. The van der Waals surface area contributed by atoms with Crippen molar-refractivity contribution in [2.75, 3.05) is 0 Å². The van der Waals surface area contributed by atoms with Crippen LogP contribution in [0, 0.1) is 16.0 Å². The molecule has 0 aliphatic carbocycles. The van der Waals surface area contributed by atoms with Crippen LogP contribution in [0.1, 0.15) is 26.0 Å². The van der Waals surface area contributed by atoms with E-state index in [1.54, 1.807) is 12.1 Å². The first-order valence-corrected chi connectivity index (χ1v) is 10.7. The van der Waals surface area contributed by atoms with Gasteiger partial charge in [-0.25, -0.2) is 4.79 Å². The number of hydrogen-bond acceptors (Lipinski definition) is 7. The lowest BCUT2D eigenvalue weighted by Gasteiger charge is -2.24. The zero-order chi connectivity index (χ0) is 22.9. The first-order valence-electron chi connectivity index (χ1n) is 9.12. The number of non-ortho nitro benzene ring substituents is 1. The highest BCUT2D eigenvalue weighted by Gasteiger charge is 2.40. The van der Waals surface area contributed by atoms with E-state index in [2.05, 4.69) is 0 Å². The minimum Gasteiger partial charge on any atom is -0.480 e. The minimum atomic E-state index is -1.11. The van der Waals surface area contributed by atoms with E-state index in [1.807, 2.05) is 13.8 Å². The fraction of sp³-hybridized carbons (Fsp3) is 0.250. The van der Waals surface area contributed by atoms with E-state index in [-0.39, 0.29) is 32.3 Å². The molecule has 0 bridgehead atoms. The van der Waals surface area contributed by atoms with Crippen molar-refractivity contribution in [1.29, 1.82) is 0 Å². The highest BCUT2D eigenvalue weighted by Crippen LogP contribution is 2.37. The van der Waals surface area contributed by atoms with E-state index in [4.69, 9.17) is 28.2 Å². The molecule has 1 aliphatic rings. The zero-order valence-electron chi connectivity index (χ0n) is 16.4. The molecule has 8 nitrogen and oxygen atoms in total. The third kappa shape index (κ3) is 4.97. The van der Waals surface area contributed by atoms with Crippen molar-refractivity contribution in [2.45, 2.75) is 26.3 Å². The molecule has 1 aromatic heterocycles. The number of benzene rings is 1. The summed E-state index contributed by atoms with van der Waals surface area (Å²) in [5.74, 6) is -0.840. The van der Waals surface area contributed by atoms with Gasteiger partial charge in [0.1, 0.15) is 21.9 Å². The predicted octanol–water partition coefficient (Wildman–Crippen LogP) is 5.21. The molecule has 3 rings (SSSR count). The van der Waals surface area contributed by atoms with Gasteiger partial charge in [0.05, 0.1) is 14.9 Å². The van der Waals surface area contributed by atoms with Crippen molar-refractivity contribution in [1.82, 2.24) is 4.90 Å². The van der Waals surface area contributed by atoms with Crippen LogP contribution in [0.3, 0.4) is 0 Å². The van der Waals surface area contributed by atoms with Crippen LogP contribution < -0.4 is 0 Å². The number of aliphatic carboxylic acids is 1. The summed E-state index contributed by atoms with van der Waals surface area (Å²) in [4.78, 5) is 36.2. The van der Waals surface area contributed by atoms with Crippen LogP contribution in [0.4, 0.5) is 5.69 Å². The van der Waals surface area contributed by atoms with Crippen LogP contribution in [-0.4, -0.2) is 37.2 Å². The largest absolute Gasteiger partial charge is 0.480 e. The molecule has 0 spiro atoms. The van der Waals surface area contributed by atoms with E-state index in [1.165, 1.54) is 24.3 Å². The van der Waals surface area contributed by atoms with Gasteiger partial charge in [0.15, 0.2) is 0 Å². The van der Waals surface area contributed by atoms with Crippen molar-refractivity contribution in [2.24, 2.45) is 5.92 Å². The number of carbonyl (C=O) groups excluding carboxylic acids is 1. The number of thioether (sulfide) groups is 1. The van der Waals surface area contributed by atoms with Crippen LogP contribution in [0.2, 0.25) is 5.02 Å². The van der Waals surface area contributed by atoms with Crippen LogP contribution >= 0.6 is 35.6 Å². The fourth-order valence-electron chi connectivity index (χ4n) is 3.03. The molecule has 1 aliphatic heterocycles. The van der Waals surface area contributed by atoms with Crippen LogP contribution in [-0.2, 0) is 9.59 Å². The molecule has 2 heterocycles. The Bertz CT molecular complexity index is 1110. The number of carboxylic acid groups (broad SMARTS) is 1. The average molecular weight is 481 g/mol. The Kier molecular flexibility index (Phi) is 6.83. The number of nitrogens with zero attached hydrogens (tertiary/aromatic N) is 2. The Labute approximate surface area is 192 Å². The Balaban J connectivity index is 1.86. The highest BCUT2D eigenvalue weighted by atomic mass is 35.5. The molecular weight excluding hydrogens is 464 g/mol. The third-order valence-electron chi connectivity index (χ3n) is 4.44. The van der Waals surface area contributed by atoms with Crippen LogP contribution in [0.15, 0.2) is 39.7 Å². The van der Waals surface area contributed by atoms with Gasteiger partial charge in [-0.3, -0.25) is 19.8 Å². The molecule has 1 fully saturated rings. The molecule has 31 heavy (non-hydrogen) atoms. The van der Waals surface area contributed by atoms with Crippen molar-refractivity contribution in [3.05, 3.63) is 56.1 Å². The molecule has 1 atom stereocenters. The van der Waals surface area contributed by atoms with Gasteiger partial charge < -0.3 is 9.52 Å². The number of nitro groups is 1. The second-order valence-electron chi connectivity index (χ2n) is 7.16. The van der Waals surface area contributed by atoms with Gasteiger partial charge in [-0.15, -0.1) is 0 Å². The summed E-state index contributed by atoms with van der Waals surface area (Å²) in [6, 6.07) is 6.22. The van der Waals surface area contributed by atoms with Gasteiger partial charge in [0, 0.05) is 23.8 Å². The summed E-state index contributed by atoms with van der Waals surface area (Å²) in [5, 5.41) is 20.6. The quantitative estimate of drug-likeness (QED) is 0.248. The summed E-state index contributed by atoms with van der Waals surface area (Å²) < 4.78 is 5.91. The number of amides is 1. The van der Waals surface area contributed by atoms with Gasteiger partial charge in [-0.1, -0.05) is 49.4 Å². The third-order valence-corrected chi connectivity index (χ3v) is 6.09. The normalized spacial score (nSPS) is 16.4. The molecule has 1 aromatic carbocycles. The van der Waals surface area contributed by atoms with Gasteiger partial charge in [0.25, 0.3) is 11.6 Å². The molecule has 11 heteroatoms. The number of halogens is 1. The monoisotopic (exact) mass is 480 g/mol. The number of thiocarbonyl (C=S) groups is 1. The minimum absolute atomic E-state index is 0.0637. The highest BCUT2D eigenvalue weighted by molar-refractivity contribution is 8.26.